The molecule has 2 amide bonds. The van der Waals surface area contributed by atoms with Gasteiger partial charge in [-0.2, -0.15) is 0 Å². The minimum absolute atomic E-state index is 0.0596. The molecule has 2 aromatic rings. The van der Waals surface area contributed by atoms with Crippen molar-refractivity contribution in [2.45, 2.75) is 38.5 Å². The Bertz CT molecular complexity index is 968. The summed E-state index contributed by atoms with van der Waals surface area (Å²) < 4.78 is 0. The zero-order chi connectivity index (χ0) is 22.5. The topological polar surface area (TPSA) is 111 Å². The number of β-amino-alcohol motifs (C(OH)–C–C–N with tert-alkyl or cyclic N) is 1. The summed E-state index contributed by atoms with van der Waals surface area (Å²) in [6.07, 6.45) is 2.48. The molecule has 1 aromatic carbocycles. The van der Waals surface area contributed by atoms with E-state index in [0.29, 0.717) is 25.5 Å². The number of nitrogens with one attached hydrogen (secondary N) is 2. The number of hydrogen-bond acceptors (Lipinski definition) is 7. The van der Waals surface area contributed by atoms with Crippen LogP contribution in [0.4, 0.5) is 5.82 Å². The van der Waals surface area contributed by atoms with Crippen molar-refractivity contribution in [1.82, 2.24) is 25.1 Å². The Kier molecular flexibility index (Phi) is 6.96. The van der Waals surface area contributed by atoms with Crippen molar-refractivity contribution in [2.24, 2.45) is 0 Å². The fourth-order valence-corrected chi connectivity index (χ4v) is 4.31. The molecule has 32 heavy (non-hydrogen) atoms. The lowest BCUT2D eigenvalue weighted by Gasteiger charge is -2.30. The minimum atomic E-state index is -0.667. The number of amides is 2. The van der Waals surface area contributed by atoms with Gasteiger partial charge in [-0.15, -0.1) is 0 Å². The first-order chi connectivity index (χ1) is 15.5. The Morgan fingerprint density at radius 3 is 2.81 bits per heavy atom. The number of aliphatic hydroxyl groups is 1. The van der Waals surface area contributed by atoms with E-state index < -0.39 is 6.10 Å². The van der Waals surface area contributed by atoms with Gasteiger partial charge in [0.1, 0.15) is 17.8 Å². The molecule has 3 N–H and O–H groups in total. The molecule has 2 aliphatic rings. The lowest BCUT2D eigenvalue weighted by atomic mass is 10.00. The van der Waals surface area contributed by atoms with E-state index in [9.17, 15) is 14.7 Å². The third kappa shape index (κ3) is 5.60. The molecule has 4 rings (SSSR count). The quantitative estimate of drug-likeness (QED) is 0.582. The van der Waals surface area contributed by atoms with E-state index in [2.05, 4.69) is 43.7 Å². The Morgan fingerprint density at radius 2 is 2.03 bits per heavy atom. The second kappa shape index (κ2) is 10.1. The highest BCUT2D eigenvalue weighted by Gasteiger charge is 2.24. The Morgan fingerprint density at radius 1 is 1.22 bits per heavy atom. The van der Waals surface area contributed by atoms with E-state index in [1.54, 1.807) is 17.9 Å². The number of benzene rings is 1. The highest BCUT2D eigenvalue weighted by molar-refractivity contribution is 5.92. The van der Waals surface area contributed by atoms with Gasteiger partial charge in [-0.3, -0.25) is 14.5 Å². The number of nitrogens with zero attached hydrogens (tertiary/aromatic N) is 4. The van der Waals surface area contributed by atoms with Crippen LogP contribution in [0, 0.1) is 0 Å². The van der Waals surface area contributed by atoms with Crippen LogP contribution in [-0.2, 0) is 17.8 Å². The fourth-order valence-electron chi connectivity index (χ4n) is 4.31. The molecule has 3 heterocycles. The van der Waals surface area contributed by atoms with E-state index in [4.69, 9.17) is 0 Å². The van der Waals surface area contributed by atoms with E-state index in [1.807, 2.05) is 6.07 Å². The molecule has 9 heteroatoms. The van der Waals surface area contributed by atoms with Crippen LogP contribution in [0.3, 0.4) is 0 Å². The van der Waals surface area contributed by atoms with Crippen LogP contribution < -0.4 is 10.6 Å². The molecule has 0 radical (unpaired) electrons. The minimum Gasteiger partial charge on any atom is -0.390 e. The van der Waals surface area contributed by atoms with E-state index in [0.717, 1.165) is 25.9 Å². The molecular weight excluding hydrogens is 408 g/mol. The summed E-state index contributed by atoms with van der Waals surface area (Å²) in [5.74, 6) is 0.257. The number of carbonyl (C=O) groups is 2. The van der Waals surface area contributed by atoms with Gasteiger partial charge in [0.25, 0.3) is 5.91 Å². The van der Waals surface area contributed by atoms with Crippen LogP contribution in [0.25, 0.3) is 0 Å². The smallest absolute Gasteiger partial charge is 0.270 e. The predicted octanol–water partition coefficient (Wildman–Crippen LogP) is 0.658. The molecule has 0 saturated carbocycles. The normalized spacial score (nSPS) is 19.3. The van der Waals surface area contributed by atoms with Crippen LogP contribution in [-0.4, -0.2) is 81.6 Å². The van der Waals surface area contributed by atoms with E-state index in [1.165, 1.54) is 17.5 Å². The van der Waals surface area contributed by atoms with Gasteiger partial charge in [0.15, 0.2) is 0 Å². The largest absolute Gasteiger partial charge is 0.390 e. The molecule has 9 nitrogen and oxygen atoms in total. The molecule has 1 unspecified atom stereocenters. The monoisotopic (exact) mass is 438 g/mol. The SMILES string of the molecule is CC(=O)N1CCC(Nc2cc(C(=O)NC[C@H](O)CN3CCc4ccccc4C3)ncn2)C1. The predicted molar refractivity (Wildman–Crippen MR) is 120 cm³/mol. The van der Waals surface area contributed by atoms with Crippen molar-refractivity contribution in [1.29, 1.82) is 0 Å². The van der Waals surface area contributed by atoms with Crippen LogP contribution in [0.5, 0.6) is 0 Å². The first-order valence-electron chi connectivity index (χ1n) is 11.1. The molecule has 2 aliphatic heterocycles. The van der Waals surface area contributed by atoms with Crippen LogP contribution >= 0.6 is 0 Å². The number of carbonyl (C=O) groups excluding carboxylic acids is 2. The third-order valence-corrected chi connectivity index (χ3v) is 6.06. The summed E-state index contributed by atoms with van der Waals surface area (Å²) in [5.41, 5.74) is 2.90. The first-order valence-corrected chi connectivity index (χ1v) is 11.1. The maximum atomic E-state index is 12.5. The van der Waals surface area contributed by atoms with Crippen molar-refractivity contribution >= 4 is 17.6 Å². The fraction of sp³-hybridized carbons (Fsp3) is 0.478. The Balaban J connectivity index is 1.24. The summed E-state index contributed by atoms with van der Waals surface area (Å²) in [6, 6.07) is 10.1. The summed E-state index contributed by atoms with van der Waals surface area (Å²) >= 11 is 0. The third-order valence-electron chi connectivity index (χ3n) is 6.06. The van der Waals surface area contributed by atoms with E-state index in [-0.39, 0.29) is 30.1 Å². The van der Waals surface area contributed by atoms with Crippen LogP contribution in [0.15, 0.2) is 36.7 Å². The average molecular weight is 439 g/mol. The zero-order valence-corrected chi connectivity index (χ0v) is 18.3. The van der Waals surface area contributed by atoms with Gasteiger partial charge in [0, 0.05) is 58.3 Å². The van der Waals surface area contributed by atoms with Gasteiger partial charge in [-0.25, -0.2) is 9.97 Å². The molecule has 1 fully saturated rings. The highest BCUT2D eigenvalue weighted by Crippen LogP contribution is 2.18. The number of likely N-dealkylation sites (tertiary alicyclic amines) is 1. The second-order valence-corrected chi connectivity index (χ2v) is 8.50. The van der Waals surface area contributed by atoms with Crippen molar-refractivity contribution in [3.63, 3.8) is 0 Å². The lowest BCUT2D eigenvalue weighted by molar-refractivity contribution is -0.127. The van der Waals surface area contributed by atoms with Gasteiger partial charge in [-0.1, -0.05) is 24.3 Å². The molecule has 0 aliphatic carbocycles. The van der Waals surface area contributed by atoms with Crippen molar-refractivity contribution in [3.05, 3.63) is 53.5 Å². The molecule has 1 saturated heterocycles. The standard InChI is InChI=1S/C23H30N6O3/c1-16(30)29-9-7-19(13-29)27-22-10-21(25-15-26-22)23(32)24-11-20(31)14-28-8-6-17-4-2-3-5-18(17)12-28/h2-5,10,15,19-20,31H,6-9,11-14H2,1H3,(H,24,32)(H,25,26,27)/t19?,20-/m0/s1. The van der Waals surface area contributed by atoms with Crippen LogP contribution in [0.2, 0.25) is 0 Å². The number of hydrogen-bond donors (Lipinski definition) is 3. The van der Waals surface area contributed by atoms with Crippen LogP contribution in [0.1, 0.15) is 35.0 Å². The van der Waals surface area contributed by atoms with Crippen molar-refractivity contribution < 1.29 is 14.7 Å². The maximum absolute atomic E-state index is 12.5. The Labute approximate surface area is 187 Å². The zero-order valence-electron chi connectivity index (χ0n) is 18.3. The summed E-state index contributed by atoms with van der Waals surface area (Å²) in [6.45, 7) is 5.25. The highest BCUT2D eigenvalue weighted by atomic mass is 16.3. The van der Waals surface area contributed by atoms with Crippen molar-refractivity contribution in [2.75, 3.05) is 38.0 Å². The molecule has 0 spiro atoms. The number of fused-ring (bicyclic) bond motifs is 1. The maximum Gasteiger partial charge on any atom is 0.270 e. The Hall–Kier alpha value is -3.04. The number of rotatable bonds is 7. The number of anilines is 1. The average Bonchev–Trinajstić information content (AvgIpc) is 3.26. The second-order valence-electron chi connectivity index (χ2n) is 8.50. The summed E-state index contributed by atoms with van der Waals surface area (Å²) in [5, 5.41) is 16.5. The number of aromatic nitrogens is 2. The lowest BCUT2D eigenvalue weighted by Crippen LogP contribution is -2.42. The molecule has 0 bridgehead atoms. The van der Waals surface area contributed by atoms with Gasteiger partial charge in [-0.05, 0) is 24.0 Å². The van der Waals surface area contributed by atoms with Gasteiger partial charge in [0.05, 0.1) is 6.10 Å². The number of aliphatic hydroxyl groups excluding tert-OH is 1. The van der Waals surface area contributed by atoms with Gasteiger partial charge >= 0.3 is 0 Å². The molecule has 1 aromatic heterocycles. The summed E-state index contributed by atoms with van der Waals surface area (Å²) in [7, 11) is 0. The van der Waals surface area contributed by atoms with E-state index >= 15 is 0 Å². The summed E-state index contributed by atoms with van der Waals surface area (Å²) in [4.78, 5) is 36.3. The molecular formula is C23H30N6O3. The van der Waals surface area contributed by atoms with Gasteiger partial charge in [0.2, 0.25) is 5.91 Å². The van der Waals surface area contributed by atoms with Crippen molar-refractivity contribution in [3.8, 4) is 0 Å². The molecule has 2 atom stereocenters. The molecule has 170 valence electrons. The first kappa shape index (κ1) is 22.2. The van der Waals surface area contributed by atoms with Gasteiger partial charge < -0.3 is 20.6 Å².